The zero-order valence-electron chi connectivity index (χ0n) is 13.2. The molecule has 1 aromatic carbocycles. The molecule has 0 aliphatic carbocycles. The number of sulfonamides is 1. The van der Waals surface area contributed by atoms with Crippen LogP contribution in [-0.2, 0) is 25.3 Å². The van der Waals surface area contributed by atoms with Crippen LogP contribution in [0.25, 0.3) is 0 Å². The SMILES string of the molecule is O=C1C[C@H]2N(S(=O)(=O)Cc3cccc(Cl)c3)CC[C@]23OCCCN13. The standard InChI is InChI=1S/C16H19ClN2O4S/c17-13-4-1-3-12(9-13)11-24(21,22)19-7-5-16-14(19)10-15(20)18(16)6-2-8-23-16/h1,3-4,9,14H,2,5-8,10-11H2/t14-,16+/m1/s1. The van der Waals surface area contributed by atoms with Gasteiger partial charge >= 0.3 is 0 Å². The summed E-state index contributed by atoms with van der Waals surface area (Å²) in [6, 6.07) is 6.44. The molecule has 0 unspecified atom stereocenters. The van der Waals surface area contributed by atoms with Crippen LogP contribution in [0.3, 0.4) is 0 Å². The molecule has 8 heteroatoms. The lowest BCUT2D eigenvalue weighted by Crippen LogP contribution is -2.56. The molecular weight excluding hydrogens is 352 g/mol. The largest absolute Gasteiger partial charge is 0.354 e. The quantitative estimate of drug-likeness (QED) is 0.810. The summed E-state index contributed by atoms with van der Waals surface area (Å²) >= 11 is 5.95. The zero-order valence-corrected chi connectivity index (χ0v) is 14.7. The zero-order chi connectivity index (χ0) is 16.9. The van der Waals surface area contributed by atoms with Gasteiger partial charge in [-0.3, -0.25) is 4.79 Å². The van der Waals surface area contributed by atoms with Gasteiger partial charge in [0, 0.05) is 31.0 Å². The van der Waals surface area contributed by atoms with E-state index in [1.165, 1.54) is 4.31 Å². The Kier molecular flexibility index (Phi) is 3.87. The van der Waals surface area contributed by atoms with E-state index in [1.54, 1.807) is 29.2 Å². The summed E-state index contributed by atoms with van der Waals surface area (Å²) in [6.07, 6.45) is 1.54. The molecule has 0 bridgehead atoms. The lowest BCUT2D eigenvalue weighted by atomic mass is 10.0. The average molecular weight is 371 g/mol. The highest BCUT2D eigenvalue weighted by Gasteiger charge is 2.62. The first-order valence-electron chi connectivity index (χ1n) is 8.11. The maximum atomic E-state index is 12.9. The van der Waals surface area contributed by atoms with Crippen molar-refractivity contribution in [3.8, 4) is 0 Å². The summed E-state index contributed by atoms with van der Waals surface area (Å²) < 4.78 is 33.3. The van der Waals surface area contributed by atoms with Crippen molar-refractivity contribution < 1.29 is 17.9 Å². The third-order valence-corrected chi connectivity index (χ3v) is 7.24. The maximum absolute atomic E-state index is 12.9. The van der Waals surface area contributed by atoms with Crippen LogP contribution in [0.15, 0.2) is 24.3 Å². The van der Waals surface area contributed by atoms with E-state index in [-0.39, 0.29) is 18.1 Å². The summed E-state index contributed by atoms with van der Waals surface area (Å²) in [7, 11) is -3.55. The fourth-order valence-electron chi connectivity index (χ4n) is 4.17. The normalized spacial score (nSPS) is 30.5. The molecule has 24 heavy (non-hydrogen) atoms. The number of rotatable bonds is 3. The Hall–Kier alpha value is -1.15. The Bertz CT molecular complexity index is 784. The summed E-state index contributed by atoms with van der Waals surface area (Å²) in [4.78, 5) is 14.0. The van der Waals surface area contributed by atoms with E-state index >= 15 is 0 Å². The van der Waals surface area contributed by atoms with Gasteiger partial charge in [0.1, 0.15) is 0 Å². The third kappa shape index (κ3) is 2.45. The van der Waals surface area contributed by atoms with Crippen molar-refractivity contribution in [3.63, 3.8) is 0 Å². The summed E-state index contributed by atoms with van der Waals surface area (Å²) in [5, 5.41) is 0.512. The molecule has 3 fully saturated rings. The van der Waals surface area contributed by atoms with Crippen LogP contribution >= 0.6 is 11.6 Å². The van der Waals surface area contributed by atoms with Crippen LogP contribution < -0.4 is 0 Å². The van der Waals surface area contributed by atoms with Gasteiger partial charge in [-0.25, -0.2) is 8.42 Å². The first kappa shape index (κ1) is 16.3. The number of nitrogens with zero attached hydrogens (tertiary/aromatic N) is 2. The Morgan fingerprint density at radius 1 is 1.33 bits per heavy atom. The van der Waals surface area contributed by atoms with E-state index in [1.807, 2.05) is 0 Å². The van der Waals surface area contributed by atoms with Gasteiger partial charge in [-0.15, -0.1) is 0 Å². The Labute approximate surface area is 146 Å². The number of carbonyl (C=O) groups is 1. The van der Waals surface area contributed by atoms with Crippen LogP contribution in [-0.4, -0.2) is 55.0 Å². The highest BCUT2D eigenvalue weighted by molar-refractivity contribution is 7.88. The minimum absolute atomic E-state index is 0.0117. The van der Waals surface area contributed by atoms with Crippen molar-refractivity contribution in [1.82, 2.24) is 9.21 Å². The van der Waals surface area contributed by atoms with Crippen LogP contribution in [0.2, 0.25) is 5.02 Å². The van der Waals surface area contributed by atoms with Crippen molar-refractivity contribution in [1.29, 1.82) is 0 Å². The lowest BCUT2D eigenvalue weighted by molar-refractivity contribution is -0.178. The minimum atomic E-state index is -3.55. The number of hydrogen-bond acceptors (Lipinski definition) is 4. The number of carbonyl (C=O) groups excluding carboxylic acids is 1. The molecular formula is C16H19ClN2O4S. The van der Waals surface area contributed by atoms with Gasteiger partial charge in [0.15, 0.2) is 5.72 Å². The van der Waals surface area contributed by atoms with Gasteiger partial charge in [0.2, 0.25) is 15.9 Å². The molecule has 3 saturated heterocycles. The smallest absolute Gasteiger partial charge is 0.226 e. The Morgan fingerprint density at radius 3 is 2.96 bits per heavy atom. The van der Waals surface area contributed by atoms with Gasteiger partial charge in [-0.2, -0.15) is 4.31 Å². The summed E-state index contributed by atoms with van der Waals surface area (Å²) in [5.74, 6) is -0.128. The maximum Gasteiger partial charge on any atom is 0.226 e. The monoisotopic (exact) mass is 370 g/mol. The number of amides is 1. The summed E-state index contributed by atoms with van der Waals surface area (Å²) in [5.41, 5.74) is -0.106. The number of hydrogen-bond donors (Lipinski definition) is 0. The lowest BCUT2D eigenvalue weighted by Gasteiger charge is -2.42. The first-order valence-corrected chi connectivity index (χ1v) is 10.1. The molecule has 4 rings (SSSR count). The van der Waals surface area contributed by atoms with Crippen LogP contribution in [0.5, 0.6) is 0 Å². The van der Waals surface area contributed by atoms with Gasteiger partial charge in [-0.05, 0) is 24.1 Å². The first-order chi connectivity index (χ1) is 11.4. The predicted octanol–water partition coefficient (Wildman–Crippen LogP) is 1.59. The van der Waals surface area contributed by atoms with Crippen molar-refractivity contribution >= 4 is 27.5 Å². The van der Waals surface area contributed by atoms with Crippen LogP contribution in [0, 0.1) is 0 Å². The molecule has 130 valence electrons. The highest BCUT2D eigenvalue weighted by atomic mass is 35.5. The molecule has 0 aromatic heterocycles. The molecule has 2 atom stereocenters. The number of benzene rings is 1. The molecule has 3 aliphatic rings. The fourth-order valence-corrected chi connectivity index (χ4v) is 6.14. The van der Waals surface area contributed by atoms with E-state index in [2.05, 4.69) is 0 Å². The molecule has 1 spiro atoms. The predicted molar refractivity (Wildman–Crippen MR) is 88.8 cm³/mol. The van der Waals surface area contributed by atoms with Crippen molar-refractivity contribution in [3.05, 3.63) is 34.9 Å². The van der Waals surface area contributed by atoms with E-state index in [0.717, 1.165) is 6.42 Å². The van der Waals surface area contributed by atoms with Gasteiger partial charge in [0.05, 0.1) is 18.4 Å². The van der Waals surface area contributed by atoms with Crippen molar-refractivity contribution in [2.24, 2.45) is 0 Å². The second-order valence-corrected chi connectivity index (χ2v) is 8.92. The van der Waals surface area contributed by atoms with Crippen molar-refractivity contribution in [2.75, 3.05) is 19.7 Å². The second kappa shape index (κ2) is 5.69. The Balaban J connectivity index is 1.62. The van der Waals surface area contributed by atoms with E-state index < -0.39 is 21.8 Å². The van der Waals surface area contributed by atoms with Crippen LogP contribution in [0.1, 0.15) is 24.8 Å². The summed E-state index contributed by atoms with van der Waals surface area (Å²) in [6.45, 7) is 1.61. The molecule has 3 heterocycles. The van der Waals surface area contributed by atoms with Gasteiger partial charge in [-0.1, -0.05) is 23.7 Å². The van der Waals surface area contributed by atoms with Gasteiger partial charge in [0.25, 0.3) is 0 Å². The molecule has 3 aliphatic heterocycles. The molecule has 6 nitrogen and oxygen atoms in total. The minimum Gasteiger partial charge on any atom is -0.354 e. The molecule has 1 aromatic rings. The average Bonchev–Trinajstić information content (AvgIpc) is 2.99. The fraction of sp³-hybridized carbons (Fsp3) is 0.562. The molecule has 0 N–H and O–H groups in total. The second-order valence-electron chi connectivity index (χ2n) is 6.56. The number of halogens is 1. The number of ether oxygens (including phenoxy) is 1. The molecule has 1 amide bonds. The molecule has 0 saturated carbocycles. The van der Waals surface area contributed by atoms with Crippen LogP contribution in [0.4, 0.5) is 0 Å². The van der Waals surface area contributed by atoms with E-state index in [4.69, 9.17) is 16.3 Å². The third-order valence-electron chi connectivity index (χ3n) is 5.16. The van der Waals surface area contributed by atoms with E-state index in [0.29, 0.717) is 36.7 Å². The molecule has 0 radical (unpaired) electrons. The van der Waals surface area contributed by atoms with Crippen molar-refractivity contribution in [2.45, 2.75) is 36.8 Å². The topological polar surface area (TPSA) is 66.9 Å². The Morgan fingerprint density at radius 2 is 2.17 bits per heavy atom. The van der Waals surface area contributed by atoms with E-state index in [9.17, 15) is 13.2 Å². The van der Waals surface area contributed by atoms with Gasteiger partial charge < -0.3 is 9.64 Å². The highest BCUT2D eigenvalue weighted by Crippen LogP contribution is 2.46.